The molecule has 1 atom stereocenters. The normalized spacial score (nSPS) is 18.5. The number of aliphatic hydroxyl groups excluding tert-OH is 1. The minimum absolute atomic E-state index is 0.175. The first kappa shape index (κ1) is 17.8. The molecule has 1 saturated heterocycles. The van der Waals surface area contributed by atoms with Crippen LogP contribution >= 0.6 is 11.3 Å². The zero-order valence-corrected chi connectivity index (χ0v) is 14.7. The van der Waals surface area contributed by atoms with Crippen molar-refractivity contribution in [2.75, 3.05) is 44.8 Å². The summed E-state index contributed by atoms with van der Waals surface area (Å²) in [5.41, 5.74) is 1.18. The van der Waals surface area contributed by atoms with Crippen LogP contribution < -0.4 is 5.32 Å². The van der Waals surface area contributed by atoms with E-state index in [2.05, 4.69) is 26.3 Å². The van der Waals surface area contributed by atoms with Gasteiger partial charge in [-0.1, -0.05) is 11.3 Å². The number of pyridine rings is 1. The highest BCUT2D eigenvalue weighted by Crippen LogP contribution is 2.22. The van der Waals surface area contributed by atoms with Crippen molar-refractivity contribution >= 4 is 22.3 Å². The molecule has 2 N–H and O–H groups in total. The molecule has 1 unspecified atom stereocenters. The maximum Gasteiger partial charge on any atom is 0.189 e. The highest BCUT2D eigenvalue weighted by molar-refractivity contribution is 7.16. The molecule has 2 aromatic rings. The SMILES string of the molecule is N#Cc1cnc(Nc2cc(CC3COCCN(CCO)C3)ccn2)s1. The van der Waals surface area contributed by atoms with Crippen molar-refractivity contribution < 1.29 is 9.84 Å². The third-order valence-corrected chi connectivity index (χ3v) is 4.86. The van der Waals surface area contributed by atoms with Crippen LogP contribution in [0.4, 0.5) is 10.9 Å². The fourth-order valence-electron chi connectivity index (χ4n) is 2.92. The Morgan fingerprint density at radius 3 is 3.20 bits per heavy atom. The van der Waals surface area contributed by atoms with E-state index < -0.39 is 0 Å². The average Bonchev–Trinajstić information content (AvgIpc) is 2.95. The van der Waals surface area contributed by atoms with Gasteiger partial charge < -0.3 is 15.2 Å². The molecule has 8 heteroatoms. The van der Waals surface area contributed by atoms with Crippen LogP contribution in [0, 0.1) is 17.2 Å². The number of nitrogens with zero attached hydrogens (tertiary/aromatic N) is 4. The van der Waals surface area contributed by atoms with Gasteiger partial charge in [0.2, 0.25) is 0 Å². The Hall–Kier alpha value is -2.05. The fourth-order valence-corrected chi connectivity index (χ4v) is 3.54. The van der Waals surface area contributed by atoms with Crippen LogP contribution in [0.25, 0.3) is 0 Å². The summed E-state index contributed by atoms with van der Waals surface area (Å²) in [5, 5.41) is 21.8. The van der Waals surface area contributed by atoms with E-state index in [9.17, 15) is 0 Å². The number of nitrogens with one attached hydrogen (secondary N) is 1. The predicted molar refractivity (Wildman–Crippen MR) is 95.9 cm³/mol. The van der Waals surface area contributed by atoms with Gasteiger partial charge in [-0.25, -0.2) is 9.97 Å². The Bertz CT molecular complexity index is 730. The van der Waals surface area contributed by atoms with Crippen molar-refractivity contribution in [1.82, 2.24) is 14.9 Å². The minimum Gasteiger partial charge on any atom is -0.395 e. The molecule has 0 bridgehead atoms. The first-order valence-electron chi connectivity index (χ1n) is 8.25. The summed E-state index contributed by atoms with van der Waals surface area (Å²) in [5.74, 6) is 1.10. The lowest BCUT2D eigenvalue weighted by atomic mass is 10.0. The summed E-state index contributed by atoms with van der Waals surface area (Å²) in [7, 11) is 0. The van der Waals surface area contributed by atoms with E-state index in [1.54, 1.807) is 12.4 Å². The molecule has 2 aromatic heterocycles. The van der Waals surface area contributed by atoms with Gasteiger partial charge in [-0.15, -0.1) is 0 Å². The summed E-state index contributed by atoms with van der Waals surface area (Å²) in [6, 6.07) is 6.10. The van der Waals surface area contributed by atoms with Crippen LogP contribution in [0.3, 0.4) is 0 Å². The molecule has 0 radical (unpaired) electrons. The van der Waals surface area contributed by atoms with Crippen molar-refractivity contribution in [1.29, 1.82) is 5.26 Å². The van der Waals surface area contributed by atoms with E-state index in [0.717, 1.165) is 31.9 Å². The van der Waals surface area contributed by atoms with E-state index in [1.165, 1.54) is 16.9 Å². The number of anilines is 2. The van der Waals surface area contributed by atoms with Crippen molar-refractivity contribution in [2.24, 2.45) is 5.92 Å². The first-order valence-corrected chi connectivity index (χ1v) is 9.07. The van der Waals surface area contributed by atoms with Gasteiger partial charge in [-0.2, -0.15) is 5.26 Å². The predicted octanol–water partition coefficient (Wildman–Crippen LogP) is 1.64. The van der Waals surface area contributed by atoms with Crippen molar-refractivity contribution in [3.05, 3.63) is 35.0 Å². The van der Waals surface area contributed by atoms with Crippen LogP contribution in [0.1, 0.15) is 10.4 Å². The smallest absolute Gasteiger partial charge is 0.189 e. The molecule has 1 aliphatic heterocycles. The number of β-amino-alcohol motifs (C(OH)–C–C–N with tert-alkyl or cyclic N) is 1. The molecule has 0 saturated carbocycles. The van der Waals surface area contributed by atoms with Crippen LogP contribution in [0.15, 0.2) is 24.5 Å². The third-order valence-electron chi connectivity index (χ3n) is 4.04. The standard InChI is InChI=1S/C17H21N5O2S/c18-9-15-10-20-17(25-15)21-16-8-13(1-2-19-16)7-14-11-22(3-5-23)4-6-24-12-14/h1-2,8,10,14,23H,3-7,11-12H2,(H,19,20,21). The number of aliphatic hydroxyl groups is 1. The molecule has 132 valence electrons. The van der Waals surface area contributed by atoms with Gasteiger partial charge in [-0.05, 0) is 30.0 Å². The van der Waals surface area contributed by atoms with Crippen molar-refractivity contribution in [3.63, 3.8) is 0 Å². The molecule has 0 aliphatic carbocycles. The molecule has 0 aromatic carbocycles. The largest absolute Gasteiger partial charge is 0.395 e. The van der Waals surface area contributed by atoms with Crippen LogP contribution in [0.2, 0.25) is 0 Å². The van der Waals surface area contributed by atoms with Gasteiger partial charge in [0.1, 0.15) is 16.8 Å². The highest BCUT2D eigenvalue weighted by Gasteiger charge is 2.19. The van der Waals surface area contributed by atoms with Gasteiger partial charge in [-0.3, -0.25) is 4.90 Å². The fraction of sp³-hybridized carbons (Fsp3) is 0.471. The monoisotopic (exact) mass is 359 g/mol. The molecule has 1 aliphatic rings. The number of hydrogen-bond donors (Lipinski definition) is 2. The van der Waals surface area contributed by atoms with Crippen LogP contribution in [-0.4, -0.2) is 59.4 Å². The summed E-state index contributed by atoms with van der Waals surface area (Å²) >= 11 is 1.30. The Morgan fingerprint density at radius 1 is 1.48 bits per heavy atom. The molecule has 0 amide bonds. The Morgan fingerprint density at radius 2 is 2.40 bits per heavy atom. The Kier molecular flexibility index (Phi) is 6.30. The topological polar surface area (TPSA) is 94.3 Å². The zero-order chi connectivity index (χ0) is 17.5. The molecule has 3 rings (SSSR count). The number of aromatic nitrogens is 2. The molecule has 25 heavy (non-hydrogen) atoms. The zero-order valence-electron chi connectivity index (χ0n) is 13.9. The second-order valence-electron chi connectivity index (χ2n) is 5.99. The highest BCUT2D eigenvalue weighted by atomic mass is 32.1. The lowest BCUT2D eigenvalue weighted by Crippen LogP contribution is -2.33. The molecular weight excluding hydrogens is 338 g/mol. The number of hydrogen-bond acceptors (Lipinski definition) is 8. The molecule has 3 heterocycles. The summed E-state index contributed by atoms with van der Waals surface area (Å²) < 4.78 is 5.70. The van der Waals surface area contributed by atoms with E-state index in [1.807, 2.05) is 12.1 Å². The van der Waals surface area contributed by atoms with Crippen LogP contribution in [0.5, 0.6) is 0 Å². The molecule has 7 nitrogen and oxygen atoms in total. The Balaban J connectivity index is 1.63. The molecule has 1 fully saturated rings. The van der Waals surface area contributed by atoms with Gasteiger partial charge in [0.25, 0.3) is 0 Å². The Labute approximate surface area is 150 Å². The van der Waals surface area contributed by atoms with Gasteiger partial charge in [0.15, 0.2) is 5.13 Å². The van der Waals surface area contributed by atoms with Crippen molar-refractivity contribution in [3.8, 4) is 6.07 Å². The summed E-state index contributed by atoms with van der Waals surface area (Å²) in [4.78, 5) is 11.3. The lowest BCUT2D eigenvalue weighted by molar-refractivity contribution is 0.121. The van der Waals surface area contributed by atoms with Gasteiger partial charge >= 0.3 is 0 Å². The second kappa shape index (κ2) is 8.87. The quantitative estimate of drug-likeness (QED) is 0.809. The van der Waals surface area contributed by atoms with E-state index >= 15 is 0 Å². The van der Waals surface area contributed by atoms with E-state index in [-0.39, 0.29) is 6.61 Å². The third kappa shape index (κ3) is 5.21. The summed E-state index contributed by atoms with van der Waals surface area (Å²) in [6.07, 6.45) is 4.22. The molecule has 0 spiro atoms. The van der Waals surface area contributed by atoms with E-state index in [4.69, 9.17) is 15.1 Å². The maximum atomic E-state index is 9.16. The van der Waals surface area contributed by atoms with E-state index in [0.29, 0.717) is 29.1 Å². The lowest BCUT2D eigenvalue weighted by Gasteiger charge is -2.22. The van der Waals surface area contributed by atoms with Gasteiger partial charge in [0.05, 0.1) is 26.0 Å². The number of nitriles is 1. The number of thiazole rings is 1. The van der Waals surface area contributed by atoms with Crippen molar-refractivity contribution in [2.45, 2.75) is 6.42 Å². The maximum absolute atomic E-state index is 9.16. The van der Waals surface area contributed by atoms with Gasteiger partial charge in [0, 0.05) is 25.8 Å². The summed E-state index contributed by atoms with van der Waals surface area (Å²) in [6.45, 7) is 4.09. The number of ether oxygens (including phenoxy) is 1. The minimum atomic E-state index is 0.175. The molecular formula is C17H21N5O2S. The average molecular weight is 359 g/mol. The first-order chi connectivity index (χ1) is 12.3. The second-order valence-corrected chi connectivity index (χ2v) is 7.02. The number of rotatable bonds is 6. The van der Waals surface area contributed by atoms with Crippen LogP contribution in [-0.2, 0) is 11.2 Å².